The van der Waals surface area contributed by atoms with Crippen LogP contribution in [0.3, 0.4) is 0 Å². The summed E-state index contributed by atoms with van der Waals surface area (Å²) >= 11 is 0. The van der Waals surface area contributed by atoms with Gasteiger partial charge >= 0.3 is 0 Å². The molecule has 1 aliphatic rings. The largest absolute Gasteiger partial charge is 0.378 e. The first-order chi connectivity index (χ1) is 9.83. The summed E-state index contributed by atoms with van der Waals surface area (Å²) in [6, 6.07) is 2.05. The van der Waals surface area contributed by atoms with E-state index in [0.29, 0.717) is 6.10 Å². The molecule has 0 aromatic carbocycles. The highest BCUT2D eigenvalue weighted by Crippen LogP contribution is 2.21. The van der Waals surface area contributed by atoms with Gasteiger partial charge in [0.15, 0.2) is 5.82 Å². The van der Waals surface area contributed by atoms with Gasteiger partial charge in [-0.3, -0.25) is 0 Å². The van der Waals surface area contributed by atoms with Gasteiger partial charge in [0, 0.05) is 25.5 Å². The van der Waals surface area contributed by atoms with E-state index in [1.165, 1.54) is 25.7 Å². The van der Waals surface area contributed by atoms with Crippen molar-refractivity contribution in [3.05, 3.63) is 24.2 Å². The molecule has 0 saturated heterocycles. The summed E-state index contributed by atoms with van der Waals surface area (Å²) < 4.78 is 7.72. The minimum Gasteiger partial charge on any atom is -0.378 e. The van der Waals surface area contributed by atoms with E-state index < -0.39 is 0 Å². The summed E-state index contributed by atoms with van der Waals surface area (Å²) in [5, 5.41) is 7.76. The Hall–Kier alpha value is -1.62. The third-order valence-corrected chi connectivity index (χ3v) is 3.78. The van der Waals surface area contributed by atoms with Crippen LogP contribution in [0.2, 0.25) is 0 Å². The quantitative estimate of drug-likeness (QED) is 0.823. The maximum atomic E-state index is 5.85. The van der Waals surface area contributed by atoms with Crippen LogP contribution in [0, 0.1) is 6.92 Å². The van der Waals surface area contributed by atoms with Gasteiger partial charge in [0.1, 0.15) is 5.52 Å². The molecule has 3 rings (SSSR count). The summed E-state index contributed by atoms with van der Waals surface area (Å²) in [4.78, 5) is 4.38. The molecule has 2 heterocycles. The molecular formula is C15H22N4O. The molecule has 108 valence electrons. The highest BCUT2D eigenvalue weighted by atomic mass is 16.5. The molecule has 2 aromatic rings. The molecule has 5 heteroatoms. The van der Waals surface area contributed by atoms with Crippen LogP contribution in [0.5, 0.6) is 0 Å². The Morgan fingerprint density at radius 1 is 1.40 bits per heavy atom. The Bertz CT molecular complexity index is 560. The number of rotatable bonds is 6. The predicted molar refractivity (Wildman–Crippen MR) is 79.0 cm³/mol. The molecule has 1 aliphatic carbocycles. The molecule has 20 heavy (non-hydrogen) atoms. The second kappa shape index (κ2) is 6.22. The fourth-order valence-corrected chi connectivity index (χ4v) is 2.76. The summed E-state index contributed by atoms with van der Waals surface area (Å²) in [6.07, 6.45) is 10.3. The van der Waals surface area contributed by atoms with Gasteiger partial charge in [0.2, 0.25) is 0 Å². The monoisotopic (exact) mass is 274 g/mol. The van der Waals surface area contributed by atoms with Crippen LogP contribution in [0.1, 0.15) is 37.8 Å². The number of fused-ring (bicyclic) bond motifs is 1. The summed E-state index contributed by atoms with van der Waals surface area (Å²) in [5.41, 5.74) is 2.03. The van der Waals surface area contributed by atoms with Crippen LogP contribution >= 0.6 is 0 Å². The second-order valence-corrected chi connectivity index (χ2v) is 5.45. The molecule has 0 amide bonds. The average Bonchev–Trinajstić information content (AvgIpc) is 3.06. The van der Waals surface area contributed by atoms with Gasteiger partial charge in [-0.2, -0.15) is 5.10 Å². The topological polar surface area (TPSA) is 51.5 Å². The Labute approximate surface area is 119 Å². The third kappa shape index (κ3) is 3.10. The van der Waals surface area contributed by atoms with Crippen molar-refractivity contribution < 1.29 is 4.74 Å². The highest BCUT2D eigenvalue weighted by molar-refractivity contribution is 5.67. The van der Waals surface area contributed by atoms with Crippen molar-refractivity contribution in [1.29, 1.82) is 0 Å². The molecule has 0 atom stereocenters. The number of hydrogen-bond acceptors (Lipinski definition) is 4. The van der Waals surface area contributed by atoms with Crippen LogP contribution in [0.4, 0.5) is 5.82 Å². The molecule has 1 fully saturated rings. The van der Waals surface area contributed by atoms with Crippen LogP contribution in [-0.2, 0) is 4.74 Å². The number of nitrogens with one attached hydrogen (secondary N) is 1. The summed E-state index contributed by atoms with van der Waals surface area (Å²) in [5.74, 6) is 0.897. The highest BCUT2D eigenvalue weighted by Gasteiger charge is 2.14. The van der Waals surface area contributed by atoms with E-state index in [1.54, 1.807) is 6.20 Å². The Balaban J connectivity index is 1.47. The number of nitrogens with zero attached hydrogens (tertiary/aromatic N) is 3. The van der Waals surface area contributed by atoms with Gasteiger partial charge in [-0.25, -0.2) is 9.50 Å². The van der Waals surface area contributed by atoms with Crippen molar-refractivity contribution in [2.24, 2.45) is 0 Å². The normalized spacial score (nSPS) is 16.1. The van der Waals surface area contributed by atoms with Gasteiger partial charge in [-0.15, -0.1) is 0 Å². The lowest BCUT2D eigenvalue weighted by Gasteiger charge is -2.11. The Morgan fingerprint density at radius 3 is 3.10 bits per heavy atom. The van der Waals surface area contributed by atoms with Gasteiger partial charge in [-0.1, -0.05) is 12.8 Å². The van der Waals surface area contributed by atoms with Gasteiger partial charge in [-0.05, 0) is 32.3 Å². The fraction of sp³-hybridized carbons (Fsp3) is 0.600. The van der Waals surface area contributed by atoms with Crippen molar-refractivity contribution >= 4 is 11.3 Å². The van der Waals surface area contributed by atoms with E-state index in [-0.39, 0.29) is 0 Å². The molecule has 0 radical (unpaired) electrons. The number of hydrogen-bond donors (Lipinski definition) is 1. The number of ether oxygens (including phenoxy) is 1. The van der Waals surface area contributed by atoms with E-state index in [1.807, 2.05) is 23.7 Å². The smallest absolute Gasteiger partial charge is 0.152 e. The lowest BCUT2D eigenvalue weighted by Crippen LogP contribution is -2.12. The van der Waals surface area contributed by atoms with E-state index in [2.05, 4.69) is 15.4 Å². The SMILES string of the molecule is Cc1cc2c(NCCCOC3CCCC3)nccn2n1. The molecule has 2 aromatic heterocycles. The van der Waals surface area contributed by atoms with Gasteiger partial charge < -0.3 is 10.1 Å². The Kier molecular flexibility index (Phi) is 4.16. The van der Waals surface area contributed by atoms with Crippen LogP contribution in [0.15, 0.2) is 18.5 Å². The standard InChI is InChI=1S/C15H22N4O/c1-12-11-14-15(17-8-9-19(14)18-12)16-7-4-10-20-13-5-2-3-6-13/h8-9,11,13H,2-7,10H2,1H3,(H,16,17). The Morgan fingerprint density at radius 2 is 2.25 bits per heavy atom. The van der Waals surface area contributed by atoms with Gasteiger partial charge in [0.25, 0.3) is 0 Å². The zero-order chi connectivity index (χ0) is 13.8. The maximum absolute atomic E-state index is 5.85. The van der Waals surface area contributed by atoms with E-state index >= 15 is 0 Å². The lowest BCUT2D eigenvalue weighted by atomic mass is 10.3. The third-order valence-electron chi connectivity index (χ3n) is 3.78. The van der Waals surface area contributed by atoms with E-state index in [9.17, 15) is 0 Å². The van der Waals surface area contributed by atoms with Crippen LogP contribution in [0.25, 0.3) is 5.52 Å². The van der Waals surface area contributed by atoms with E-state index in [0.717, 1.165) is 36.6 Å². The van der Waals surface area contributed by atoms with Crippen molar-refractivity contribution in [3.63, 3.8) is 0 Å². The van der Waals surface area contributed by atoms with Crippen molar-refractivity contribution in [2.45, 2.75) is 45.1 Å². The van der Waals surface area contributed by atoms with Crippen LogP contribution < -0.4 is 5.32 Å². The summed E-state index contributed by atoms with van der Waals surface area (Å²) in [7, 11) is 0. The average molecular weight is 274 g/mol. The molecule has 0 spiro atoms. The number of aromatic nitrogens is 3. The molecular weight excluding hydrogens is 252 g/mol. The fourth-order valence-electron chi connectivity index (χ4n) is 2.76. The van der Waals surface area contributed by atoms with E-state index in [4.69, 9.17) is 4.74 Å². The van der Waals surface area contributed by atoms with Crippen molar-refractivity contribution in [1.82, 2.24) is 14.6 Å². The van der Waals surface area contributed by atoms with Gasteiger partial charge in [0.05, 0.1) is 11.8 Å². The minimum atomic E-state index is 0.508. The molecule has 1 saturated carbocycles. The first-order valence-electron chi connectivity index (χ1n) is 7.49. The zero-order valence-electron chi connectivity index (χ0n) is 12.0. The molecule has 0 unspecified atom stereocenters. The lowest BCUT2D eigenvalue weighted by molar-refractivity contribution is 0.0583. The van der Waals surface area contributed by atoms with Crippen molar-refractivity contribution in [2.75, 3.05) is 18.5 Å². The molecule has 0 bridgehead atoms. The zero-order valence-corrected chi connectivity index (χ0v) is 12.0. The first-order valence-corrected chi connectivity index (χ1v) is 7.49. The second-order valence-electron chi connectivity index (χ2n) is 5.45. The molecule has 5 nitrogen and oxygen atoms in total. The van der Waals surface area contributed by atoms with Crippen molar-refractivity contribution in [3.8, 4) is 0 Å². The first kappa shape index (κ1) is 13.4. The molecule has 0 aliphatic heterocycles. The minimum absolute atomic E-state index is 0.508. The van der Waals surface area contributed by atoms with Crippen LogP contribution in [-0.4, -0.2) is 33.9 Å². The molecule has 1 N–H and O–H groups in total. The maximum Gasteiger partial charge on any atom is 0.152 e. The summed E-state index contributed by atoms with van der Waals surface area (Å²) in [6.45, 7) is 3.70. The predicted octanol–water partition coefficient (Wildman–Crippen LogP) is 2.80. The number of aryl methyl sites for hydroxylation is 1. The number of anilines is 1.